The molecule has 0 unspecified atom stereocenters. The first kappa shape index (κ1) is 21.8. The van der Waals surface area contributed by atoms with Gasteiger partial charge < -0.3 is 14.5 Å². The van der Waals surface area contributed by atoms with Gasteiger partial charge in [0.25, 0.3) is 5.91 Å². The number of ether oxygens (including phenoxy) is 1. The highest BCUT2D eigenvalue weighted by molar-refractivity contribution is 6.35. The number of hydrogen-bond acceptors (Lipinski definition) is 5. The van der Waals surface area contributed by atoms with Gasteiger partial charge in [-0.15, -0.1) is 0 Å². The molecule has 0 N–H and O–H groups in total. The van der Waals surface area contributed by atoms with Crippen LogP contribution < -0.4 is 0 Å². The minimum atomic E-state index is -0.323. The third-order valence-corrected chi connectivity index (χ3v) is 5.71. The second-order valence-electron chi connectivity index (χ2n) is 7.54. The smallest absolute Gasteiger partial charge is 0.409 e. The lowest BCUT2D eigenvalue weighted by molar-refractivity contribution is 0.0560. The SMILES string of the molecule is C=Nn1ccc(-c2cc(Cl)c3ccc(C(=O)N4CCN(C(=O)OCCC)CC4)cc3n2)c1. The normalized spacial score (nSPS) is 13.9. The van der Waals surface area contributed by atoms with E-state index in [1.54, 1.807) is 45.1 Å². The number of piperazine rings is 1. The highest BCUT2D eigenvalue weighted by atomic mass is 35.5. The summed E-state index contributed by atoms with van der Waals surface area (Å²) < 4.78 is 6.77. The van der Waals surface area contributed by atoms with Crippen molar-refractivity contribution in [3.05, 3.63) is 53.3 Å². The Bertz CT molecular complexity index is 1170. The number of halogens is 1. The molecule has 0 radical (unpaired) electrons. The van der Waals surface area contributed by atoms with Crippen LogP contribution in [0.2, 0.25) is 5.02 Å². The van der Waals surface area contributed by atoms with Crippen LogP contribution in [-0.2, 0) is 4.74 Å². The molecular weight excluding hydrogens is 430 g/mol. The first-order chi connectivity index (χ1) is 15.5. The average Bonchev–Trinajstić information content (AvgIpc) is 3.31. The van der Waals surface area contributed by atoms with Crippen LogP contribution in [0.25, 0.3) is 22.2 Å². The maximum Gasteiger partial charge on any atom is 0.409 e. The molecule has 2 aromatic heterocycles. The van der Waals surface area contributed by atoms with Gasteiger partial charge in [-0.3, -0.25) is 4.79 Å². The van der Waals surface area contributed by atoms with Crippen LogP contribution in [-0.4, -0.2) is 71.0 Å². The second kappa shape index (κ2) is 9.40. The number of rotatable bonds is 5. The van der Waals surface area contributed by atoms with Crippen LogP contribution in [0.5, 0.6) is 0 Å². The Morgan fingerprint density at radius 2 is 1.91 bits per heavy atom. The molecule has 8 nitrogen and oxygen atoms in total. The standard InChI is InChI=1S/C23H24ClN5O3/c1-3-12-32-23(31)28-10-8-27(9-11-28)22(30)16-4-5-18-19(24)14-20(26-21(18)13-16)17-6-7-29(15-17)25-2/h4-7,13-15H,2-3,8-12H2,1H3. The van der Waals surface area contributed by atoms with Gasteiger partial charge in [0.05, 0.1) is 22.8 Å². The summed E-state index contributed by atoms with van der Waals surface area (Å²) in [5.41, 5.74) is 2.71. The van der Waals surface area contributed by atoms with Crippen molar-refractivity contribution in [1.82, 2.24) is 19.5 Å². The molecule has 1 aliphatic rings. The Hall–Kier alpha value is -3.39. The molecule has 1 aliphatic heterocycles. The fraction of sp³-hybridized carbons (Fsp3) is 0.304. The van der Waals surface area contributed by atoms with Crippen LogP contribution in [0.4, 0.5) is 4.79 Å². The molecule has 0 atom stereocenters. The highest BCUT2D eigenvalue weighted by Gasteiger charge is 2.26. The van der Waals surface area contributed by atoms with Gasteiger partial charge in [-0.05, 0) is 30.7 Å². The molecular formula is C23H24ClN5O3. The summed E-state index contributed by atoms with van der Waals surface area (Å²) in [6.07, 6.45) is 4.04. The molecule has 3 heterocycles. The fourth-order valence-electron chi connectivity index (χ4n) is 3.65. The number of carbonyl (C=O) groups excluding carboxylic acids is 2. The van der Waals surface area contributed by atoms with Crippen LogP contribution in [0.1, 0.15) is 23.7 Å². The zero-order valence-corrected chi connectivity index (χ0v) is 18.6. The van der Waals surface area contributed by atoms with Crippen LogP contribution in [0.3, 0.4) is 0 Å². The van der Waals surface area contributed by atoms with Gasteiger partial charge in [0.1, 0.15) is 0 Å². The summed E-state index contributed by atoms with van der Waals surface area (Å²) in [5, 5.41) is 5.18. The van der Waals surface area contributed by atoms with Crippen LogP contribution >= 0.6 is 11.6 Å². The lowest BCUT2D eigenvalue weighted by atomic mass is 10.1. The molecule has 0 aliphatic carbocycles. The van der Waals surface area contributed by atoms with E-state index in [4.69, 9.17) is 21.3 Å². The fourth-order valence-corrected chi connectivity index (χ4v) is 3.91. The van der Waals surface area contributed by atoms with Crippen molar-refractivity contribution >= 4 is 41.2 Å². The number of nitrogens with zero attached hydrogens (tertiary/aromatic N) is 5. The number of carbonyl (C=O) groups is 2. The minimum absolute atomic E-state index is 0.0983. The summed E-state index contributed by atoms with van der Waals surface area (Å²) in [5.74, 6) is -0.0983. The van der Waals surface area contributed by atoms with Gasteiger partial charge in [0.2, 0.25) is 0 Å². The molecule has 0 saturated carbocycles. The molecule has 9 heteroatoms. The summed E-state index contributed by atoms with van der Waals surface area (Å²) in [4.78, 5) is 33.2. The van der Waals surface area contributed by atoms with Crippen molar-refractivity contribution in [2.75, 3.05) is 32.8 Å². The number of benzene rings is 1. The quantitative estimate of drug-likeness (QED) is 0.544. The average molecular weight is 454 g/mol. The van der Waals surface area contributed by atoms with Gasteiger partial charge in [-0.25, -0.2) is 14.5 Å². The molecule has 1 saturated heterocycles. The van der Waals surface area contributed by atoms with E-state index in [-0.39, 0.29) is 12.0 Å². The van der Waals surface area contributed by atoms with Gasteiger partial charge in [0, 0.05) is 61.8 Å². The molecule has 0 spiro atoms. The van der Waals surface area contributed by atoms with E-state index in [9.17, 15) is 9.59 Å². The maximum absolute atomic E-state index is 13.1. The minimum Gasteiger partial charge on any atom is -0.449 e. The summed E-state index contributed by atoms with van der Waals surface area (Å²) in [7, 11) is 0. The number of pyridine rings is 1. The van der Waals surface area contributed by atoms with Crippen molar-refractivity contribution in [2.24, 2.45) is 5.10 Å². The lowest BCUT2D eigenvalue weighted by Gasteiger charge is -2.34. The van der Waals surface area contributed by atoms with E-state index in [1.807, 2.05) is 19.1 Å². The Morgan fingerprint density at radius 1 is 1.16 bits per heavy atom. The third kappa shape index (κ3) is 4.45. The number of fused-ring (bicyclic) bond motifs is 1. The molecule has 3 aromatic rings. The maximum atomic E-state index is 13.1. The second-order valence-corrected chi connectivity index (χ2v) is 7.94. The highest BCUT2D eigenvalue weighted by Crippen LogP contribution is 2.29. The molecule has 1 aromatic carbocycles. The number of hydrogen-bond donors (Lipinski definition) is 0. The molecule has 32 heavy (non-hydrogen) atoms. The molecule has 2 amide bonds. The Balaban J connectivity index is 1.52. The van der Waals surface area contributed by atoms with Gasteiger partial charge in [-0.2, -0.15) is 5.10 Å². The summed E-state index contributed by atoms with van der Waals surface area (Å²) in [6, 6.07) is 9.01. The summed E-state index contributed by atoms with van der Waals surface area (Å²) in [6.45, 7) is 7.66. The molecule has 0 bridgehead atoms. The largest absolute Gasteiger partial charge is 0.449 e. The zero-order chi connectivity index (χ0) is 22.7. The van der Waals surface area contributed by atoms with Crippen molar-refractivity contribution in [2.45, 2.75) is 13.3 Å². The van der Waals surface area contributed by atoms with Gasteiger partial charge in [0.15, 0.2) is 0 Å². The molecule has 1 fully saturated rings. The Morgan fingerprint density at radius 3 is 2.59 bits per heavy atom. The van der Waals surface area contributed by atoms with E-state index in [2.05, 4.69) is 11.8 Å². The lowest BCUT2D eigenvalue weighted by Crippen LogP contribution is -2.50. The Kier molecular flexibility index (Phi) is 6.41. The molecule has 4 rings (SSSR count). The van der Waals surface area contributed by atoms with E-state index in [1.165, 1.54) is 0 Å². The van der Waals surface area contributed by atoms with E-state index in [0.717, 1.165) is 17.4 Å². The van der Waals surface area contributed by atoms with Gasteiger partial charge >= 0.3 is 6.09 Å². The number of aromatic nitrogens is 2. The van der Waals surface area contributed by atoms with E-state index >= 15 is 0 Å². The molecule has 166 valence electrons. The van der Waals surface area contributed by atoms with Crippen molar-refractivity contribution in [3.63, 3.8) is 0 Å². The zero-order valence-electron chi connectivity index (χ0n) is 17.8. The van der Waals surface area contributed by atoms with Crippen molar-refractivity contribution in [1.29, 1.82) is 0 Å². The number of amides is 2. The monoisotopic (exact) mass is 453 g/mol. The Labute approximate surface area is 191 Å². The van der Waals surface area contributed by atoms with Crippen LogP contribution in [0, 0.1) is 0 Å². The van der Waals surface area contributed by atoms with Crippen molar-refractivity contribution < 1.29 is 14.3 Å². The van der Waals surface area contributed by atoms with E-state index < -0.39 is 0 Å². The first-order valence-corrected chi connectivity index (χ1v) is 10.8. The van der Waals surface area contributed by atoms with E-state index in [0.29, 0.717) is 54.6 Å². The predicted octanol–water partition coefficient (Wildman–Crippen LogP) is 4.12. The van der Waals surface area contributed by atoms with Crippen LogP contribution in [0.15, 0.2) is 47.8 Å². The predicted molar refractivity (Wildman–Crippen MR) is 124 cm³/mol. The summed E-state index contributed by atoms with van der Waals surface area (Å²) >= 11 is 6.49. The van der Waals surface area contributed by atoms with Gasteiger partial charge in [-0.1, -0.05) is 24.6 Å². The third-order valence-electron chi connectivity index (χ3n) is 5.40. The first-order valence-electron chi connectivity index (χ1n) is 10.5. The topological polar surface area (TPSA) is 80.0 Å². The van der Waals surface area contributed by atoms with Crippen molar-refractivity contribution in [3.8, 4) is 11.3 Å².